The Hall–Kier alpha value is -1.06. The van der Waals surface area contributed by atoms with E-state index >= 15 is 0 Å². The molecule has 3 nitrogen and oxygen atoms in total. The van der Waals surface area contributed by atoms with Crippen molar-refractivity contribution in [1.82, 2.24) is 5.32 Å². The van der Waals surface area contributed by atoms with E-state index in [1.54, 1.807) is 0 Å². The van der Waals surface area contributed by atoms with Crippen LogP contribution in [-0.4, -0.2) is 13.2 Å². The van der Waals surface area contributed by atoms with E-state index in [1.165, 1.54) is 0 Å². The molecule has 0 bridgehead atoms. The molecule has 96 valence electrons. The number of furan rings is 1. The van der Waals surface area contributed by atoms with Crippen LogP contribution in [0.5, 0.6) is 0 Å². The monoisotopic (exact) mass is 237 g/mol. The first-order chi connectivity index (χ1) is 8.27. The molecular weight excluding hydrogens is 214 g/mol. The van der Waals surface area contributed by atoms with Crippen LogP contribution in [0.1, 0.15) is 37.4 Å². The Bertz CT molecular complexity index is 342. The quantitative estimate of drug-likeness (QED) is 0.557. The fraction of sp³-hybridized carbons (Fsp3) is 0.571. The number of nitrogens with one attached hydrogen (secondary N) is 1. The predicted octanol–water partition coefficient (Wildman–Crippen LogP) is 3.18. The van der Waals surface area contributed by atoms with Gasteiger partial charge in [-0.2, -0.15) is 0 Å². The summed E-state index contributed by atoms with van der Waals surface area (Å²) in [6.07, 6.45) is 5.13. The van der Waals surface area contributed by atoms with E-state index in [2.05, 4.69) is 18.3 Å². The molecule has 0 unspecified atom stereocenters. The maximum absolute atomic E-state index is 5.66. The first-order valence-electron chi connectivity index (χ1n) is 6.25. The number of rotatable bonds is 8. The average molecular weight is 237 g/mol. The number of aryl methyl sites for hydroxylation is 1. The van der Waals surface area contributed by atoms with Gasteiger partial charge in [-0.15, -0.1) is 0 Å². The van der Waals surface area contributed by atoms with Crippen LogP contribution in [0, 0.1) is 6.92 Å². The Balaban J connectivity index is 2.38. The largest absolute Gasteiger partial charge is 0.465 e. The van der Waals surface area contributed by atoms with Crippen LogP contribution in [0.3, 0.4) is 0 Å². The summed E-state index contributed by atoms with van der Waals surface area (Å²) >= 11 is 0. The van der Waals surface area contributed by atoms with Gasteiger partial charge in [0.15, 0.2) is 0 Å². The minimum Gasteiger partial charge on any atom is -0.465 e. The Kier molecular flexibility index (Phi) is 6.67. The molecule has 0 aromatic carbocycles. The van der Waals surface area contributed by atoms with Crippen LogP contribution in [0.25, 0.3) is 0 Å². The highest BCUT2D eigenvalue weighted by atomic mass is 16.5. The zero-order valence-corrected chi connectivity index (χ0v) is 11.1. The smallest absolute Gasteiger partial charge is 0.118 e. The van der Waals surface area contributed by atoms with Crippen LogP contribution in [0.2, 0.25) is 0 Å². The normalized spacial score (nSPS) is 11.5. The zero-order chi connectivity index (χ0) is 12.5. The lowest BCUT2D eigenvalue weighted by Gasteiger charge is -1.98. The molecule has 1 rings (SSSR count). The Morgan fingerprint density at radius 1 is 1.47 bits per heavy atom. The predicted molar refractivity (Wildman–Crippen MR) is 69.9 cm³/mol. The molecule has 0 amide bonds. The molecular formula is C14H23NO2. The first-order valence-corrected chi connectivity index (χ1v) is 6.25. The van der Waals surface area contributed by atoms with Gasteiger partial charge in [0, 0.05) is 5.56 Å². The van der Waals surface area contributed by atoms with Gasteiger partial charge in [0.25, 0.3) is 0 Å². The second-order valence-electron chi connectivity index (χ2n) is 4.06. The fourth-order valence-electron chi connectivity index (χ4n) is 1.54. The lowest BCUT2D eigenvalue weighted by molar-refractivity contribution is 0.147. The standard InChI is InChI=1S/C14H23NO2/c1-4-6-8-16-11-13-9-14(17-12(13)3)10-15-7-5-2/h4,6,9,15H,5,7-8,10-11H2,1-3H3. The number of allylic oxidation sites excluding steroid dienone is 1. The fourth-order valence-corrected chi connectivity index (χ4v) is 1.54. The summed E-state index contributed by atoms with van der Waals surface area (Å²) in [6.45, 7) is 9.22. The summed E-state index contributed by atoms with van der Waals surface area (Å²) in [5.41, 5.74) is 1.14. The summed E-state index contributed by atoms with van der Waals surface area (Å²) in [5.74, 6) is 1.94. The van der Waals surface area contributed by atoms with Crippen molar-refractivity contribution in [1.29, 1.82) is 0 Å². The van der Waals surface area contributed by atoms with Crippen LogP contribution in [0.4, 0.5) is 0 Å². The third kappa shape index (κ3) is 5.20. The molecule has 0 atom stereocenters. The van der Waals surface area contributed by atoms with Crippen molar-refractivity contribution in [3.05, 3.63) is 35.3 Å². The van der Waals surface area contributed by atoms with E-state index in [1.807, 2.05) is 26.0 Å². The minimum atomic E-state index is 0.619. The van der Waals surface area contributed by atoms with Crippen LogP contribution in [0.15, 0.2) is 22.6 Å². The van der Waals surface area contributed by atoms with Crippen molar-refractivity contribution < 1.29 is 9.15 Å². The molecule has 0 fully saturated rings. The molecule has 0 radical (unpaired) electrons. The summed E-state index contributed by atoms with van der Waals surface area (Å²) < 4.78 is 11.2. The lowest BCUT2D eigenvalue weighted by atomic mass is 10.2. The van der Waals surface area contributed by atoms with Crippen LogP contribution < -0.4 is 5.32 Å². The number of hydrogen-bond acceptors (Lipinski definition) is 3. The van der Waals surface area contributed by atoms with Gasteiger partial charge in [0.05, 0.1) is 19.8 Å². The second-order valence-corrected chi connectivity index (χ2v) is 4.06. The van der Waals surface area contributed by atoms with Gasteiger partial charge < -0.3 is 14.5 Å². The maximum atomic E-state index is 5.66. The third-order valence-corrected chi connectivity index (χ3v) is 2.50. The SMILES string of the molecule is CC=CCOCc1cc(CNCCC)oc1C. The van der Waals surface area contributed by atoms with Crippen LogP contribution in [-0.2, 0) is 17.9 Å². The third-order valence-electron chi connectivity index (χ3n) is 2.50. The summed E-state index contributed by atoms with van der Waals surface area (Å²) in [6, 6.07) is 2.08. The summed E-state index contributed by atoms with van der Waals surface area (Å²) in [5, 5.41) is 3.32. The highest BCUT2D eigenvalue weighted by Gasteiger charge is 2.06. The molecule has 3 heteroatoms. The molecule has 1 aromatic rings. The molecule has 1 aromatic heterocycles. The van der Waals surface area contributed by atoms with Gasteiger partial charge in [-0.25, -0.2) is 0 Å². The highest BCUT2D eigenvalue weighted by Crippen LogP contribution is 2.15. The van der Waals surface area contributed by atoms with Crippen molar-refractivity contribution in [3.8, 4) is 0 Å². The van der Waals surface area contributed by atoms with Crippen molar-refractivity contribution in [3.63, 3.8) is 0 Å². The maximum Gasteiger partial charge on any atom is 0.118 e. The molecule has 0 saturated carbocycles. The van der Waals surface area contributed by atoms with Crippen LogP contribution >= 0.6 is 0 Å². The van der Waals surface area contributed by atoms with E-state index in [0.717, 1.165) is 36.6 Å². The second kappa shape index (κ2) is 8.09. The van der Waals surface area contributed by atoms with Gasteiger partial charge >= 0.3 is 0 Å². The van der Waals surface area contributed by atoms with Gasteiger partial charge in [0.1, 0.15) is 11.5 Å². The lowest BCUT2D eigenvalue weighted by Crippen LogP contribution is -2.13. The molecule has 0 saturated heterocycles. The van der Waals surface area contributed by atoms with Gasteiger partial charge in [-0.05, 0) is 32.9 Å². The van der Waals surface area contributed by atoms with E-state index in [0.29, 0.717) is 13.2 Å². The summed E-state index contributed by atoms with van der Waals surface area (Å²) in [7, 11) is 0. The average Bonchev–Trinajstić information content (AvgIpc) is 2.66. The van der Waals surface area contributed by atoms with Gasteiger partial charge in [0.2, 0.25) is 0 Å². The summed E-state index contributed by atoms with van der Waals surface area (Å²) in [4.78, 5) is 0. The molecule has 1 heterocycles. The molecule has 17 heavy (non-hydrogen) atoms. The van der Waals surface area contributed by atoms with E-state index in [-0.39, 0.29) is 0 Å². The molecule has 0 spiro atoms. The number of hydrogen-bond donors (Lipinski definition) is 1. The van der Waals surface area contributed by atoms with E-state index in [4.69, 9.17) is 9.15 Å². The van der Waals surface area contributed by atoms with E-state index in [9.17, 15) is 0 Å². The van der Waals surface area contributed by atoms with Crippen molar-refractivity contribution in [2.75, 3.05) is 13.2 Å². The van der Waals surface area contributed by atoms with Crippen molar-refractivity contribution in [2.24, 2.45) is 0 Å². The Labute approximate surface area is 104 Å². The van der Waals surface area contributed by atoms with Gasteiger partial charge in [-0.3, -0.25) is 0 Å². The van der Waals surface area contributed by atoms with E-state index < -0.39 is 0 Å². The van der Waals surface area contributed by atoms with Crippen molar-refractivity contribution in [2.45, 2.75) is 40.3 Å². The molecule has 1 N–H and O–H groups in total. The first kappa shape index (κ1) is 14.0. The highest BCUT2D eigenvalue weighted by molar-refractivity contribution is 5.19. The Morgan fingerprint density at radius 3 is 3.00 bits per heavy atom. The van der Waals surface area contributed by atoms with Crippen molar-refractivity contribution >= 4 is 0 Å². The Morgan fingerprint density at radius 2 is 2.29 bits per heavy atom. The minimum absolute atomic E-state index is 0.619. The molecule has 0 aliphatic rings. The molecule has 0 aliphatic carbocycles. The topological polar surface area (TPSA) is 34.4 Å². The number of ether oxygens (including phenoxy) is 1. The zero-order valence-electron chi connectivity index (χ0n) is 11.1. The molecule has 0 aliphatic heterocycles. The van der Waals surface area contributed by atoms with Gasteiger partial charge in [-0.1, -0.05) is 19.1 Å².